The van der Waals surface area contributed by atoms with E-state index in [1.165, 1.54) is 22.4 Å². The van der Waals surface area contributed by atoms with Crippen molar-refractivity contribution in [3.63, 3.8) is 0 Å². The molecule has 0 saturated carbocycles. The van der Waals surface area contributed by atoms with Gasteiger partial charge in [-0.2, -0.15) is 0 Å². The van der Waals surface area contributed by atoms with Crippen LogP contribution in [0.5, 0.6) is 0 Å². The third-order valence-corrected chi connectivity index (χ3v) is 7.40. The number of aryl methyl sites for hydroxylation is 2. The molecule has 3 rings (SSSR count). The van der Waals surface area contributed by atoms with Crippen LogP contribution in [0.2, 0.25) is 0 Å². The van der Waals surface area contributed by atoms with Gasteiger partial charge >= 0.3 is 0 Å². The molecule has 0 bridgehead atoms. The maximum absolute atomic E-state index is 12.9. The zero-order chi connectivity index (χ0) is 25.2. The quantitative estimate of drug-likeness (QED) is 0.406. The molecule has 190 valence electrons. The topological polar surface area (TPSA) is 49.6 Å². The van der Waals surface area contributed by atoms with E-state index in [0.29, 0.717) is 12.0 Å². The third kappa shape index (κ3) is 8.24. The number of carbonyl (C=O) groups excluding carboxylic acids is 1. The fourth-order valence-electron chi connectivity index (χ4n) is 4.87. The first-order chi connectivity index (χ1) is 16.9. The van der Waals surface area contributed by atoms with E-state index in [1.807, 2.05) is 4.90 Å². The molecule has 1 amide bonds. The molecular formula is C31H45N3O. The maximum atomic E-state index is 12.9. The van der Waals surface area contributed by atoms with Gasteiger partial charge in [-0.15, -0.1) is 0 Å². The lowest BCUT2D eigenvalue weighted by Gasteiger charge is -2.40. The number of amides is 1. The first-order valence-electron chi connectivity index (χ1n) is 13.4. The molecule has 2 N–H and O–H groups in total. The van der Waals surface area contributed by atoms with Gasteiger partial charge < -0.3 is 15.5 Å². The molecule has 2 atom stereocenters. The summed E-state index contributed by atoms with van der Waals surface area (Å²) < 4.78 is 0. The van der Waals surface area contributed by atoms with Crippen molar-refractivity contribution in [1.29, 1.82) is 0 Å². The number of benzene rings is 2. The van der Waals surface area contributed by atoms with E-state index in [-0.39, 0.29) is 11.9 Å². The molecule has 0 spiro atoms. The monoisotopic (exact) mass is 475 g/mol. The van der Waals surface area contributed by atoms with Crippen molar-refractivity contribution < 1.29 is 4.79 Å². The predicted octanol–water partition coefficient (Wildman–Crippen LogP) is 6.00. The molecule has 0 radical (unpaired) electrons. The van der Waals surface area contributed by atoms with Crippen molar-refractivity contribution in [2.75, 3.05) is 24.5 Å². The minimum absolute atomic E-state index is 0.127. The van der Waals surface area contributed by atoms with Gasteiger partial charge in [0.15, 0.2) is 0 Å². The first-order valence-corrected chi connectivity index (χ1v) is 13.4. The van der Waals surface area contributed by atoms with E-state index in [2.05, 4.69) is 93.3 Å². The number of nitrogens with zero attached hydrogens (tertiary/aromatic N) is 2. The summed E-state index contributed by atoms with van der Waals surface area (Å²) >= 11 is 0. The molecule has 0 aliphatic carbocycles. The number of carbonyl (C=O) groups is 1. The van der Waals surface area contributed by atoms with Gasteiger partial charge in [0.05, 0.1) is 6.04 Å². The van der Waals surface area contributed by atoms with Gasteiger partial charge in [-0.25, -0.2) is 0 Å². The molecule has 1 saturated heterocycles. The van der Waals surface area contributed by atoms with Crippen LogP contribution >= 0.6 is 0 Å². The average molecular weight is 476 g/mol. The van der Waals surface area contributed by atoms with Crippen molar-refractivity contribution >= 4 is 11.6 Å². The van der Waals surface area contributed by atoms with Crippen molar-refractivity contribution in [1.82, 2.24) is 4.90 Å². The Balaban J connectivity index is 1.62. The Morgan fingerprint density at radius 2 is 1.63 bits per heavy atom. The van der Waals surface area contributed by atoms with Crippen LogP contribution in [0, 0.1) is 5.92 Å². The van der Waals surface area contributed by atoms with Crippen LogP contribution in [0.4, 0.5) is 5.69 Å². The maximum Gasteiger partial charge on any atom is 0.239 e. The Morgan fingerprint density at radius 3 is 2.20 bits per heavy atom. The molecule has 0 aromatic heterocycles. The molecule has 1 aliphatic rings. The lowest BCUT2D eigenvalue weighted by molar-refractivity contribution is -0.134. The Bertz CT molecular complexity index is 925. The van der Waals surface area contributed by atoms with Crippen LogP contribution in [0.1, 0.15) is 64.5 Å². The molecule has 1 heterocycles. The summed E-state index contributed by atoms with van der Waals surface area (Å²) in [4.78, 5) is 17.4. The number of likely N-dealkylation sites (tertiary alicyclic amines) is 1. The molecular weight excluding hydrogens is 430 g/mol. The summed E-state index contributed by atoms with van der Waals surface area (Å²) in [6.07, 6.45) is 8.22. The summed E-state index contributed by atoms with van der Waals surface area (Å²) in [5.41, 5.74) is 11.6. The number of piperidine rings is 1. The normalized spacial score (nSPS) is 16.0. The molecule has 35 heavy (non-hydrogen) atoms. The highest BCUT2D eigenvalue weighted by atomic mass is 16.2. The fourth-order valence-corrected chi connectivity index (χ4v) is 4.87. The molecule has 2 aromatic rings. The lowest BCUT2D eigenvalue weighted by atomic mass is 9.97. The van der Waals surface area contributed by atoms with Crippen LogP contribution in [-0.2, 0) is 17.6 Å². The summed E-state index contributed by atoms with van der Waals surface area (Å²) in [6, 6.07) is 19.9. The number of anilines is 1. The highest BCUT2D eigenvalue weighted by Gasteiger charge is 2.29. The largest absolute Gasteiger partial charge is 0.365 e. The van der Waals surface area contributed by atoms with Gasteiger partial charge in [0, 0.05) is 31.4 Å². The number of hydrogen-bond donors (Lipinski definition) is 1. The van der Waals surface area contributed by atoms with Crippen LogP contribution in [-0.4, -0.2) is 42.5 Å². The molecule has 2 aromatic carbocycles. The number of rotatable bonds is 11. The third-order valence-electron chi connectivity index (χ3n) is 7.40. The number of nitrogens with two attached hydrogens (primary N) is 1. The summed E-state index contributed by atoms with van der Waals surface area (Å²) in [5, 5.41) is 0. The molecule has 1 fully saturated rings. The van der Waals surface area contributed by atoms with E-state index < -0.39 is 0 Å². The SMILES string of the molecule is CCC(C)CC(N)C(=O)N1CCC(N(CC=C(C)C)c2ccc(CCc3ccccc3)cc2)CC1. The summed E-state index contributed by atoms with van der Waals surface area (Å²) in [5.74, 6) is 0.615. The van der Waals surface area contributed by atoms with Gasteiger partial charge in [-0.1, -0.05) is 74.4 Å². The Hall–Kier alpha value is -2.59. The smallest absolute Gasteiger partial charge is 0.239 e. The minimum Gasteiger partial charge on any atom is -0.365 e. The highest BCUT2D eigenvalue weighted by molar-refractivity contribution is 5.81. The van der Waals surface area contributed by atoms with Crippen LogP contribution < -0.4 is 10.6 Å². The van der Waals surface area contributed by atoms with Crippen LogP contribution in [0.15, 0.2) is 66.2 Å². The van der Waals surface area contributed by atoms with Gasteiger partial charge in [-0.05, 0) is 75.1 Å². The Morgan fingerprint density at radius 1 is 1.03 bits per heavy atom. The molecule has 2 unspecified atom stereocenters. The standard InChI is InChI=1S/C31H45N3O/c1-5-25(4)23-30(32)31(35)33-20-18-29(19-21-33)34(22-17-24(2)3)28-15-13-27(14-16-28)12-11-26-9-7-6-8-10-26/h6-10,13-17,25,29-30H,5,11-12,18-23,32H2,1-4H3. The second-order valence-corrected chi connectivity index (χ2v) is 10.5. The highest BCUT2D eigenvalue weighted by Crippen LogP contribution is 2.25. The second-order valence-electron chi connectivity index (χ2n) is 10.5. The molecule has 1 aliphatic heterocycles. The first kappa shape index (κ1) is 27.0. The number of hydrogen-bond acceptors (Lipinski definition) is 3. The average Bonchev–Trinajstić information content (AvgIpc) is 2.88. The van der Waals surface area contributed by atoms with Gasteiger partial charge in [0.2, 0.25) is 5.91 Å². The predicted molar refractivity (Wildman–Crippen MR) is 149 cm³/mol. The van der Waals surface area contributed by atoms with Crippen molar-refractivity contribution in [2.24, 2.45) is 11.7 Å². The van der Waals surface area contributed by atoms with Crippen LogP contribution in [0.3, 0.4) is 0 Å². The van der Waals surface area contributed by atoms with E-state index in [0.717, 1.165) is 58.2 Å². The zero-order valence-corrected chi connectivity index (χ0v) is 22.2. The molecule has 4 nitrogen and oxygen atoms in total. The number of allylic oxidation sites excluding steroid dienone is 1. The van der Waals surface area contributed by atoms with E-state index in [9.17, 15) is 4.79 Å². The second kappa shape index (κ2) is 13.5. The van der Waals surface area contributed by atoms with Gasteiger partial charge in [0.25, 0.3) is 0 Å². The van der Waals surface area contributed by atoms with Gasteiger partial charge in [0.1, 0.15) is 0 Å². The lowest BCUT2D eigenvalue weighted by Crippen LogP contribution is -2.51. The van der Waals surface area contributed by atoms with Gasteiger partial charge in [-0.3, -0.25) is 4.79 Å². The molecule has 4 heteroatoms. The van der Waals surface area contributed by atoms with E-state index >= 15 is 0 Å². The summed E-state index contributed by atoms with van der Waals surface area (Å²) in [6.45, 7) is 11.1. The Kier molecular flexibility index (Phi) is 10.4. The van der Waals surface area contributed by atoms with Crippen molar-refractivity contribution in [3.05, 3.63) is 77.4 Å². The van der Waals surface area contributed by atoms with Crippen LogP contribution in [0.25, 0.3) is 0 Å². The Labute approximate surface area is 213 Å². The minimum atomic E-state index is -0.369. The van der Waals surface area contributed by atoms with E-state index in [4.69, 9.17) is 5.73 Å². The van der Waals surface area contributed by atoms with E-state index in [1.54, 1.807) is 0 Å². The summed E-state index contributed by atoms with van der Waals surface area (Å²) in [7, 11) is 0. The van der Waals surface area contributed by atoms with Crippen molar-refractivity contribution in [2.45, 2.75) is 78.3 Å². The fraction of sp³-hybridized carbons (Fsp3) is 0.516. The van der Waals surface area contributed by atoms with Crippen molar-refractivity contribution in [3.8, 4) is 0 Å². The zero-order valence-electron chi connectivity index (χ0n) is 22.2.